The summed E-state index contributed by atoms with van der Waals surface area (Å²) >= 11 is 0. The van der Waals surface area contributed by atoms with Crippen LogP contribution in [0.2, 0.25) is 0 Å². The summed E-state index contributed by atoms with van der Waals surface area (Å²) in [6, 6.07) is 4.33. The van der Waals surface area contributed by atoms with Crippen molar-refractivity contribution in [3.05, 3.63) is 47.4 Å². The minimum absolute atomic E-state index is 0.281. The van der Waals surface area contributed by atoms with Crippen LogP contribution in [0.25, 0.3) is 10.9 Å². The summed E-state index contributed by atoms with van der Waals surface area (Å²) in [4.78, 5) is 15.6. The average Bonchev–Trinajstić information content (AvgIpc) is 3.00. The van der Waals surface area contributed by atoms with Gasteiger partial charge in [-0.2, -0.15) is 5.10 Å². The molecule has 0 aliphatic heterocycles. The summed E-state index contributed by atoms with van der Waals surface area (Å²) in [6.45, 7) is 1.52. The molecule has 27 heavy (non-hydrogen) atoms. The summed E-state index contributed by atoms with van der Waals surface area (Å²) in [7, 11) is 1.81. The molecule has 1 saturated carbocycles. The lowest BCUT2D eigenvalue weighted by atomic mass is 10.1. The first-order valence-corrected chi connectivity index (χ1v) is 8.36. The van der Waals surface area contributed by atoms with Gasteiger partial charge in [0.25, 0.3) is 5.91 Å². The molecule has 1 aromatic carbocycles. The van der Waals surface area contributed by atoms with Gasteiger partial charge in [0.1, 0.15) is 11.4 Å². The maximum absolute atomic E-state index is 12.7. The molecule has 2 heterocycles. The van der Waals surface area contributed by atoms with Gasteiger partial charge >= 0.3 is 6.36 Å². The quantitative estimate of drug-likeness (QED) is 0.730. The summed E-state index contributed by atoms with van der Waals surface area (Å²) < 4.78 is 43.2. The van der Waals surface area contributed by atoms with Crippen molar-refractivity contribution in [2.24, 2.45) is 7.05 Å². The third kappa shape index (κ3) is 3.36. The summed E-state index contributed by atoms with van der Waals surface area (Å²) in [5, 5.41) is 7.61. The Morgan fingerprint density at radius 2 is 2.07 bits per heavy atom. The van der Waals surface area contributed by atoms with E-state index in [0.717, 1.165) is 18.4 Å². The zero-order valence-corrected chi connectivity index (χ0v) is 14.6. The van der Waals surface area contributed by atoms with Crippen molar-refractivity contribution in [3.8, 4) is 5.75 Å². The molecule has 0 unspecified atom stereocenters. The first kappa shape index (κ1) is 17.4. The summed E-state index contributed by atoms with van der Waals surface area (Å²) in [5.74, 6) is -0.599. The van der Waals surface area contributed by atoms with Gasteiger partial charge in [0.2, 0.25) is 0 Å². The number of carbonyl (C=O) groups excluding carboxylic acids is 1. The molecule has 4 rings (SSSR count). The molecule has 1 fully saturated rings. The van der Waals surface area contributed by atoms with E-state index in [2.05, 4.69) is 20.1 Å². The Bertz CT molecular complexity index is 1030. The highest BCUT2D eigenvalue weighted by molar-refractivity contribution is 5.99. The summed E-state index contributed by atoms with van der Waals surface area (Å²) in [5.41, 5.74) is 1.68. The van der Waals surface area contributed by atoms with Crippen molar-refractivity contribution in [2.45, 2.75) is 31.7 Å². The highest BCUT2D eigenvalue weighted by atomic mass is 19.4. The van der Waals surface area contributed by atoms with Gasteiger partial charge in [0.15, 0.2) is 0 Å². The zero-order valence-electron chi connectivity index (χ0n) is 14.6. The maximum Gasteiger partial charge on any atom is 0.573 e. The third-order valence-corrected chi connectivity index (χ3v) is 4.75. The second-order valence-corrected chi connectivity index (χ2v) is 6.87. The predicted molar refractivity (Wildman–Crippen MR) is 91.3 cm³/mol. The fourth-order valence-electron chi connectivity index (χ4n) is 3.19. The lowest BCUT2D eigenvalue weighted by Crippen LogP contribution is -2.34. The van der Waals surface area contributed by atoms with Gasteiger partial charge in [-0.25, -0.2) is 0 Å². The Labute approximate surface area is 152 Å². The minimum atomic E-state index is -4.77. The van der Waals surface area contributed by atoms with Gasteiger partial charge in [0.05, 0.1) is 11.7 Å². The predicted octanol–water partition coefficient (Wildman–Crippen LogP) is 3.53. The molecular weight excluding hydrogens is 361 g/mol. The number of nitrogens with zero attached hydrogens (tertiary/aromatic N) is 2. The largest absolute Gasteiger partial charge is 0.573 e. The number of aromatic amines is 1. The molecule has 0 bridgehead atoms. The molecular formula is C18H17F3N4O2. The van der Waals surface area contributed by atoms with Crippen molar-refractivity contribution in [2.75, 3.05) is 0 Å². The van der Waals surface area contributed by atoms with E-state index in [1.54, 1.807) is 10.9 Å². The lowest BCUT2D eigenvalue weighted by Gasteiger charge is -2.15. The molecule has 1 amide bonds. The molecule has 1 aliphatic rings. The van der Waals surface area contributed by atoms with Crippen molar-refractivity contribution >= 4 is 16.8 Å². The Kier molecular flexibility index (Phi) is 3.72. The monoisotopic (exact) mass is 378 g/mol. The molecule has 142 valence electrons. The topological polar surface area (TPSA) is 71.9 Å². The molecule has 0 radical (unpaired) electrons. The number of fused-ring (bicyclic) bond motifs is 1. The standard InChI is InChI=1S/C18H17F3N4O2/c1-10-5-13-11(7-15(10)27-18(19,20)21)6-14(23-13)16(26)24-17(3-4-17)12-8-22-25(2)9-12/h5-9,23H,3-4H2,1-2H3,(H,24,26). The number of H-pyrrole nitrogens is 1. The second kappa shape index (κ2) is 5.77. The average molecular weight is 378 g/mol. The van der Waals surface area contributed by atoms with Crippen LogP contribution in [-0.4, -0.2) is 27.0 Å². The number of hydrogen-bond donors (Lipinski definition) is 2. The molecule has 0 saturated heterocycles. The van der Waals surface area contributed by atoms with Crippen molar-refractivity contribution in [3.63, 3.8) is 0 Å². The highest BCUT2D eigenvalue weighted by Gasteiger charge is 2.46. The molecule has 2 N–H and O–H groups in total. The van der Waals surface area contributed by atoms with Crippen LogP contribution in [0.4, 0.5) is 13.2 Å². The Morgan fingerprint density at radius 1 is 1.33 bits per heavy atom. The number of aromatic nitrogens is 3. The van der Waals surface area contributed by atoms with Gasteiger partial charge in [0, 0.05) is 29.7 Å². The van der Waals surface area contributed by atoms with Gasteiger partial charge in [-0.15, -0.1) is 13.2 Å². The van der Waals surface area contributed by atoms with Crippen LogP contribution in [0.1, 0.15) is 34.5 Å². The van der Waals surface area contributed by atoms with Crippen LogP contribution in [-0.2, 0) is 12.6 Å². The Balaban J connectivity index is 1.59. The van der Waals surface area contributed by atoms with Crippen molar-refractivity contribution in [1.82, 2.24) is 20.1 Å². The minimum Gasteiger partial charge on any atom is -0.405 e. The van der Waals surface area contributed by atoms with E-state index in [9.17, 15) is 18.0 Å². The number of hydrogen-bond acceptors (Lipinski definition) is 3. The second-order valence-electron chi connectivity index (χ2n) is 6.87. The molecule has 9 heteroatoms. The number of rotatable bonds is 4. The zero-order chi connectivity index (χ0) is 19.4. The number of aryl methyl sites for hydroxylation is 2. The fourth-order valence-corrected chi connectivity index (χ4v) is 3.19. The van der Waals surface area contributed by atoms with Crippen LogP contribution in [0.5, 0.6) is 5.75 Å². The number of nitrogens with one attached hydrogen (secondary N) is 2. The van der Waals surface area contributed by atoms with Crippen LogP contribution >= 0.6 is 0 Å². The van der Waals surface area contributed by atoms with E-state index in [1.807, 2.05) is 13.2 Å². The Morgan fingerprint density at radius 3 is 2.67 bits per heavy atom. The number of halogens is 3. The maximum atomic E-state index is 12.7. The molecule has 2 aromatic heterocycles. The van der Waals surface area contributed by atoms with E-state index in [-0.39, 0.29) is 17.4 Å². The molecule has 6 nitrogen and oxygen atoms in total. The van der Waals surface area contributed by atoms with Gasteiger partial charge in [-0.3, -0.25) is 9.48 Å². The third-order valence-electron chi connectivity index (χ3n) is 4.75. The first-order chi connectivity index (χ1) is 12.7. The van der Waals surface area contributed by atoms with E-state index >= 15 is 0 Å². The number of alkyl halides is 3. The molecule has 0 spiro atoms. The fraction of sp³-hybridized carbons (Fsp3) is 0.333. The van der Waals surface area contributed by atoms with Crippen LogP contribution in [0, 0.1) is 6.92 Å². The number of benzene rings is 1. The van der Waals surface area contributed by atoms with E-state index in [0.29, 0.717) is 16.5 Å². The molecule has 1 aliphatic carbocycles. The van der Waals surface area contributed by atoms with E-state index < -0.39 is 11.9 Å². The Hall–Kier alpha value is -2.97. The lowest BCUT2D eigenvalue weighted by molar-refractivity contribution is -0.274. The van der Waals surface area contributed by atoms with Crippen molar-refractivity contribution in [1.29, 1.82) is 0 Å². The van der Waals surface area contributed by atoms with Gasteiger partial charge < -0.3 is 15.0 Å². The number of ether oxygens (including phenoxy) is 1. The van der Waals surface area contributed by atoms with Crippen LogP contribution < -0.4 is 10.1 Å². The molecule has 0 atom stereocenters. The first-order valence-electron chi connectivity index (χ1n) is 8.36. The van der Waals surface area contributed by atoms with E-state index in [4.69, 9.17) is 0 Å². The summed E-state index contributed by atoms with van der Waals surface area (Å²) in [6.07, 6.45) is 0.447. The van der Waals surface area contributed by atoms with Crippen LogP contribution in [0.15, 0.2) is 30.6 Å². The van der Waals surface area contributed by atoms with Crippen molar-refractivity contribution < 1.29 is 22.7 Å². The smallest absolute Gasteiger partial charge is 0.405 e. The molecule has 3 aromatic rings. The van der Waals surface area contributed by atoms with E-state index in [1.165, 1.54) is 25.1 Å². The SMILES string of the molecule is Cc1cc2[nH]c(C(=O)NC3(c4cnn(C)c4)CC3)cc2cc1OC(F)(F)F. The number of carbonyl (C=O) groups is 1. The van der Waals surface area contributed by atoms with Crippen LogP contribution in [0.3, 0.4) is 0 Å². The van der Waals surface area contributed by atoms with Gasteiger partial charge in [-0.05, 0) is 43.5 Å². The van der Waals surface area contributed by atoms with Gasteiger partial charge in [-0.1, -0.05) is 0 Å². The highest BCUT2D eigenvalue weighted by Crippen LogP contribution is 2.45. The normalized spacial score (nSPS) is 15.7. The number of amides is 1.